The average molecular weight is 225 g/mol. The summed E-state index contributed by atoms with van der Waals surface area (Å²) in [6.45, 7) is 0.107. The van der Waals surface area contributed by atoms with Crippen molar-refractivity contribution in [1.82, 2.24) is 0 Å². The van der Waals surface area contributed by atoms with Gasteiger partial charge < -0.3 is 17.9 Å². The molecule has 0 N–H and O–H groups in total. The molecule has 0 fully saturated rings. The van der Waals surface area contributed by atoms with Crippen molar-refractivity contribution in [1.29, 1.82) is 0 Å². The first-order valence-corrected chi connectivity index (χ1v) is 4.39. The van der Waals surface area contributed by atoms with Crippen molar-refractivity contribution >= 4 is 18.9 Å². The van der Waals surface area contributed by atoms with Crippen LogP contribution in [0.3, 0.4) is 0 Å². The Morgan fingerprint density at radius 3 is 2.18 bits per heavy atom. The molecule has 1 atom stereocenters. The number of ether oxygens (including phenoxy) is 2. The Morgan fingerprint density at radius 2 is 1.91 bits per heavy atom. The fraction of sp³-hybridized carbons (Fsp3) is 1.00. The average Bonchev–Trinajstić information content (AvgIpc) is 1.86. The van der Waals surface area contributed by atoms with Gasteiger partial charge in [0.1, 0.15) is 6.61 Å². The molecule has 0 spiro atoms. The molecule has 0 aliphatic heterocycles. The molecule has 11 heavy (non-hydrogen) atoms. The Bertz CT molecular complexity index is 82.9. The van der Waals surface area contributed by atoms with E-state index in [4.69, 9.17) is 0 Å². The molecule has 0 amide bonds. The predicted molar refractivity (Wildman–Crippen MR) is 30.9 cm³/mol. The molecular weight excluding hydrogens is 215 g/mol. The quantitative estimate of drug-likeness (QED) is 0.369. The molecule has 0 aromatic carbocycles. The van der Waals surface area contributed by atoms with Gasteiger partial charge in [-0.1, -0.05) is 0 Å². The number of hydrogen-bond donors (Lipinski definition) is 0. The third-order valence-electron chi connectivity index (χ3n) is 0.738. The first-order valence-electron chi connectivity index (χ1n) is 2.45. The first kappa shape index (κ1) is 14.4. The summed E-state index contributed by atoms with van der Waals surface area (Å²) in [6, 6.07) is 0. The second-order valence-corrected chi connectivity index (χ2v) is 2.57. The second kappa shape index (κ2) is 8.97. The zero-order valence-electron chi connectivity index (χ0n) is 5.70. The minimum absolute atomic E-state index is 0. The molecule has 0 aliphatic rings. The van der Waals surface area contributed by atoms with Crippen molar-refractivity contribution in [3.05, 3.63) is 0 Å². The summed E-state index contributed by atoms with van der Waals surface area (Å²) < 4.78 is 33.4. The molecule has 0 saturated carbocycles. The maximum atomic E-state index is 9.96. The van der Waals surface area contributed by atoms with E-state index in [1.54, 1.807) is 0 Å². The molecule has 1 unspecified atom stereocenters. The van der Waals surface area contributed by atoms with Crippen molar-refractivity contribution in [2.75, 3.05) is 20.8 Å². The van der Waals surface area contributed by atoms with Crippen LogP contribution in [0.25, 0.3) is 0 Å². The topological polar surface area (TPSA) is 73.8 Å². The van der Waals surface area contributed by atoms with Crippen molar-refractivity contribution < 1.29 is 36.5 Å². The van der Waals surface area contributed by atoms with Crippen LogP contribution in [-0.2, 0) is 13.3 Å². The van der Waals surface area contributed by atoms with Gasteiger partial charge in [0.25, 0.3) is 6.29 Å². The van der Waals surface area contributed by atoms with Gasteiger partial charge in [0.2, 0.25) is 0 Å². The van der Waals surface area contributed by atoms with Gasteiger partial charge in [-0.2, -0.15) is 0 Å². The van der Waals surface area contributed by atoms with Gasteiger partial charge in [0.05, 0.1) is 0 Å². The zero-order chi connectivity index (χ0) is 7.98. The van der Waals surface area contributed by atoms with Crippen LogP contribution in [0.15, 0.2) is 0 Å². The zero-order valence-corrected chi connectivity index (χ0v) is 7.29. The summed E-state index contributed by atoms with van der Waals surface area (Å²) >= 11 is -3.19. The van der Waals surface area contributed by atoms with E-state index in [2.05, 4.69) is 13.3 Å². The van der Waals surface area contributed by atoms with Gasteiger partial charge >= 0.3 is 33.7 Å². The number of hydrogen-bond acceptors (Lipinski definition) is 5. The van der Waals surface area contributed by atoms with Gasteiger partial charge in [0.15, 0.2) is 0 Å². The third kappa shape index (κ3) is 8.79. The first-order chi connectivity index (χ1) is 4.70. The molecule has 0 aliphatic carbocycles. The van der Waals surface area contributed by atoms with Crippen LogP contribution < -0.4 is 8.40 Å². The van der Waals surface area contributed by atoms with Crippen molar-refractivity contribution in [3.8, 4) is 0 Å². The van der Waals surface area contributed by atoms with Gasteiger partial charge in [0, 0.05) is 18.0 Å². The number of halogens is 1. The van der Waals surface area contributed by atoms with E-state index in [0.717, 1.165) is 0 Å². The molecule has 0 aromatic heterocycles. The Morgan fingerprint density at radius 1 is 1.36 bits per heavy atom. The summed E-state index contributed by atoms with van der Waals surface area (Å²) in [5, 5.41) is 0. The van der Waals surface area contributed by atoms with Crippen molar-refractivity contribution in [3.63, 3.8) is 0 Å². The maximum absolute atomic E-state index is 9.96. The molecule has 0 radical (unpaired) electrons. The summed E-state index contributed by atoms with van der Waals surface area (Å²) in [5.41, 5.74) is 0. The van der Waals surface area contributed by atoms with Crippen molar-refractivity contribution in [2.45, 2.75) is 6.29 Å². The van der Waals surface area contributed by atoms with Crippen LogP contribution in [0, 0.1) is 14.8 Å². The predicted octanol–water partition coefficient (Wildman–Crippen LogP) is -2.94. The number of rotatable bonds is 5. The van der Waals surface area contributed by atoms with E-state index in [1.165, 1.54) is 14.2 Å². The summed E-state index contributed by atoms with van der Waals surface area (Å²) in [5.74, 6) is 0. The Kier molecular flexibility index (Phi) is 11.7. The molecule has 64 valence electrons. The number of methoxy groups -OCH3 is 2. The van der Waals surface area contributed by atoms with Crippen LogP contribution in [0.2, 0.25) is 0 Å². The summed E-state index contributed by atoms with van der Waals surface area (Å²) in [6.07, 6.45) is -0.810. The molecule has 7 heteroatoms. The SMILES string of the molecule is COCC(OC)O[Br+2]([O-])[O-].[LiH]. The van der Waals surface area contributed by atoms with E-state index >= 15 is 0 Å². The molecule has 0 rings (SSSR count). The van der Waals surface area contributed by atoms with E-state index in [9.17, 15) is 8.40 Å². The molecule has 5 nitrogen and oxygen atoms in total. The van der Waals surface area contributed by atoms with Gasteiger partial charge in [-0.25, -0.2) is 0 Å². The Balaban J connectivity index is 0. The molecule has 0 bridgehead atoms. The van der Waals surface area contributed by atoms with Gasteiger partial charge in [-0.3, -0.25) is 0 Å². The van der Waals surface area contributed by atoms with Crippen LogP contribution in [0.5, 0.6) is 0 Å². The summed E-state index contributed by atoms with van der Waals surface area (Å²) in [7, 11) is 2.77. The van der Waals surface area contributed by atoms with Crippen LogP contribution in [-0.4, -0.2) is 46.0 Å². The molecule has 0 aromatic rings. The fourth-order valence-corrected chi connectivity index (χ4v) is 0.948. The van der Waals surface area contributed by atoms with Gasteiger partial charge in [-0.15, -0.1) is 0 Å². The van der Waals surface area contributed by atoms with E-state index < -0.39 is 21.1 Å². The van der Waals surface area contributed by atoms with E-state index in [-0.39, 0.29) is 25.5 Å². The van der Waals surface area contributed by atoms with Gasteiger partial charge in [-0.05, 0) is 0 Å². The van der Waals surface area contributed by atoms with Crippen molar-refractivity contribution in [2.24, 2.45) is 0 Å². The third-order valence-corrected chi connectivity index (χ3v) is 1.46. The summed E-state index contributed by atoms with van der Waals surface area (Å²) in [4.78, 5) is 0. The van der Waals surface area contributed by atoms with Crippen LogP contribution >= 0.6 is 0 Å². The van der Waals surface area contributed by atoms with Crippen LogP contribution in [0.4, 0.5) is 0 Å². The normalized spacial score (nSPS) is 12.8. The molecule has 0 saturated heterocycles. The van der Waals surface area contributed by atoms with E-state index in [1.807, 2.05) is 0 Å². The second-order valence-electron chi connectivity index (χ2n) is 1.40. The standard InChI is InChI=1S/C4H9BrO5.Li.H/c1-8-3-4(9-2)10-5(6)7;;/h4H,3H2,1-2H3;;. The minimum atomic E-state index is -3.19. The Hall–Kier alpha value is 0.877. The molecule has 0 heterocycles. The monoisotopic (exact) mass is 224 g/mol. The van der Waals surface area contributed by atoms with E-state index in [0.29, 0.717) is 0 Å². The van der Waals surface area contributed by atoms with Crippen LogP contribution in [0.1, 0.15) is 0 Å². The Labute approximate surface area is 82.6 Å². The molecular formula is C4H10BrLiO5. The fourth-order valence-electron chi connectivity index (χ4n) is 0.347.